The van der Waals surface area contributed by atoms with Gasteiger partial charge in [0.15, 0.2) is 0 Å². The minimum Gasteiger partial charge on any atom is -0.372 e. The van der Waals surface area contributed by atoms with E-state index >= 15 is 0 Å². The summed E-state index contributed by atoms with van der Waals surface area (Å²) in [7, 11) is 0. The quantitative estimate of drug-likeness (QED) is 0.418. The van der Waals surface area contributed by atoms with E-state index in [-0.39, 0.29) is 0 Å². The Hall–Kier alpha value is -0.820. The topological polar surface area (TPSA) is 12.5 Å². The molecule has 1 atom stereocenters. The van der Waals surface area contributed by atoms with Crippen molar-refractivity contribution in [3.05, 3.63) is 41.8 Å². The fourth-order valence-electron chi connectivity index (χ4n) is 2.67. The molecule has 1 fully saturated rings. The van der Waals surface area contributed by atoms with Crippen LogP contribution in [0.1, 0.15) is 63.9 Å². The smallest absolute Gasteiger partial charge is 0.0915 e. The van der Waals surface area contributed by atoms with Crippen molar-refractivity contribution >= 4 is 0 Å². The predicted molar refractivity (Wildman–Crippen MR) is 81.1 cm³/mol. The van der Waals surface area contributed by atoms with Crippen LogP contribution in [0.25, 0.3) is 0 Å². The summed E-state index contributed by atoms with van der Waals surface area (Å²) in [4.78, 5) is 0. The number of hydrogen-bond donors (Lipinski definition) is 0. The standard InChI is InChI=1S/C18H27O/c1-2-3-4-5-6-7-11-14-17(18-15-19-18)16-12-9-8-10-13-16/h8-10,12-13,18H,2-7,11,14-15H2,1H3. The Morgan fingerprint density at radius 1 is 1.00 bits per heavy atom. The molecule has 1 nitrogen and oxygen atoms in total. The molecule has 0 aliphatic carbocycles. The lowest BCUT2D eigenvalue weighted by molar-refractivity contribution is 0.408. The molecule has 1 heteroatoms. The lowest BCUT2D eigenvalue weighted by Gasteiger charge is -2.14. The number of rotatable bonds is 10. The number of epoxide rings is 1. The van der Waals surface area contributed by atoms with Crippen LogP contribution in [0, 0.1) is 5.92 Å². The number of hydrogen-bond acceptors (Lipinski definition) is 1. The molecule has 1 radical (unpaired) electrons. The molecule has 1 heterocycles. The maximum absolute atomic E-state index is 5.50. The van der Waals surface area contributed by atoms with Gasteiger partial charge in [-0.05, 0) is 12.0 Å². The van der Waals surface area contributed by atoms with Crippen molar-refractivity contribution in [2.45, 2.75) is 64.4 Å². The molecule has 1 saturated heterocycles. The summed E-state index contributed by atoms with van der Waals surface area (Å²) < 4.78 is 5.50. The summed E-state index contributed by atoms with van der Waals surface area (Å²) in [6, 6.07) is 10.8. The molecule has 1 aliphatic heterocycles. The molecule has 19 heavy (non-hydrogen) atoms. The van der Waals surface area contributed by atoms with E-state index in [2.05, 4.69) is 37.3 Å². The number of unbranched alkanes of at least 4 members (excludes halogenated alkanes) is 6. The number of benzene rings is 1. The molecule has 0 amide bonds. The van der Waals surface area contributed by atoms with Gasteiger partial charge in [-0.1, -0.05) is 82.2 Å². The molecule has 105 valence electrons. The van der Waals surface area contributed by atoms with Crippen LogP contribution in [0.2, 0.25) is 0 Å². The molecule has 1 unspecified atom stereocenters. The highest BCUT2D eigenvalue weighted by molar-refractivity contribution is 5.34. The zero-order valence-electron chi connectivity index (χ0n) is 12.2. The van der Waals surface area contributed by atoms with Gasteiger partial charge in [0, 0.05) is 5.92 Å². The summed E-state index contributed by atoms with van der Waals surface area (Å²) in [6.07, 6.45) is 11.3. The highest BCUT2D eigenvalue weighted by atomic mass is 16.6. The average molecular weight is 259 g/mol. The van der Waals surface area contributed by atoms with Crippen LogP contribution in [0.15, 0.2) is 30.3 Å². The van der Waals surface area contributed by atoms with E-state index in [1.807, 2.05) is 0 Å². The van der Waals surface area contributed by atoms with Crippen LogP contribution < -0.4 is 0 Å². The largest absolute Gasteiger partial charge is 0.372 e. The van der Waals surface area contributed by atoms with E-state index in [1.54, 1.807) is 0 Å². The van der Waals surface area contributed by atoms with Crippen LogP contribution in [-0.4, -0.2) is 12.7 Å². The first-order valence-electron chi connectivity index (χ1n) is 7.94. The molecule has 1 aromatic carbocycles. The van der Waals surface area contributed by atoms with Crippen molar-refractivity contribution in [1.82, 2.24) is 0 Å². The highest BCUT2D eigenvalue weighted by Crippen LogP contribution is 2.33. The van der Waals surface area contributed by atoms with Gasteiger partial charge >= 0.3 is 0 Å². The summed E-state index contributed by atoms with van der Waals surface area (Å²) in [5.41, 5.74) is 1.39. The molecular formula is C18H27O. The van der Waals surface area contributed by atoms with Crippen LogP contribution in [0.5, 0.6) is 0 Å². The van der Waals surface area contributed by atoms with Gasteiger partial charge in [-0.3, -0.25) is 0 Å². The average Bonchev–Trinajstić information content (AvgIpc) is 3.27. The molecule has 0 aromatic heterocycles. The van der Waals surface area contributed by atoms with Crippen molar-refractivity contribution in [3.63, 3.8) is 0 Å². The predicted octanol–water partition coefficient (Wildman–Crippen LogP) is 5.15. The SMILES string of the molecule is CCCCCCCCC[C](c1ccccc1)C1CO1. The van der Waals surface area contributed by atoms with E-state index in [9.17, 15) is 0 Å². The Kier molecular flexibility index (Phi) is 6.43. The van der Waals surface area contributed by atoms with Crippen molar-refractivity contribution < 1.29 is 4.74 Å². The molecule has 0 saturated carbocycles. The maximum atomic E-state index is 5.50. The summed E-state index contributed by atoms with van der Waals surface area (Å²) in [5.74, 6) is 1.52. The van der Waals surface area contributed by atoms with E-state index < -0.39 is 0 Å². The Labute approximate surface area is 118 Å². The Morgan fingerprint density at radius 2 is 1.63 bits per heavy atom. The summed E-state index contributed by atoms with van der Waals surface area (Å²) in [6.45, 7) is 3.21. The molecule has 0 bridgehead atoms. The summed E-state index contributed by atoms with van der Waals surface area (Å²) >= 11 is 0. The second-order valence-electron chi connectivity index (χ2n) is 5.58. The molecule has 1 aliphatic rings. The van der Waals surface area contributed by atoms with Gasteiger partial charge in [0.25, 0.3) is 0 Å². The van der Waals surface area contributed by atoms with Gasteiger partial charge in [-0.25, -0.2) is 0 Å². The Morgan fingerprint density at radius 3 is 2.26 bits per heavy atom. The third kappa shape index (κ3) is 5.36. The Balaban J connectivity index is 1.65. The monoisotopic (exact) mass is 259 g/mol. The third-order valence-corrected chi connectivity index (χ3v) is 3.92. The second-order valence-corrected chi connectivity index (χ2v) is 5.58. The van der Waals surface area contributed by atoms with Gasteiger partial charge in [0.05, 0.1) is 12.7 Å². The normalized spacial score (nSPS) is 17.9. The van der Waals surface area contributed by atoms with Gasteiger partial charge in [0.1, 0.15) is 0 Å². The van der Waals surface area contributed by atoms with Gasteiger partial charge < -0.3 is 4.74 Å². The molecule has 1 aromatic rings. The zero-order valence-corrected chi connectivity index (χ0v) is 12.2. The molecule has 2 rings (SSSR count). The van der Waals surface area contributed by atoms with Gasteiger partial charge in [0.2, 0.25) is 0 Å². The first-order chi connectivity index (χ1) is 9.42. The first-order valence-corrected chi connectivity index (χ1v) is 7.94. The van der Waals surface area contributed by atoms with Crippen LogP contribution in [0.3, 0.4) is 0 Å². The van der Waals surface area contributed by atoms with Crippen LogP contribution in [0.4, 0.5) is 0 Å². The first kappa shape index (κ1) is 14.6. The van der Waals surface area contributed by atoms with E-state index in [0.29, 0.717) is 6.10 Å². The van der Waals surface area contributed by atoms with Crippen molar-refractivity contribution in [1.29, 1.82) is 0 Å². The number of ether oxygens (including phenoxy) is 1. The van der Waals surface area contributed by atoms with E-state index in [4.69, 9.17) is 4.74 Å². The van der Waals surface area contributed by atoms with Crippen molar-refractivity contribution in [3.8, 4) is 0 Å². The molecule has 0 spiro atoms. The van der Waals surface area contributed by atoms with E-state index in [1.165, 1.54) is 62.8 Å². The van der Waals surface area contributed by atoms with Crippen molar-refractivity contribution in [2.24, 2.45) is 0 Å². The minimum atomic E-state index is 0.419. The van der Waals surface area contributed by atoms with Gasteiger partial charge in [-0.2, -0.15) is 0 Å². The third-order valence-electron chi connectivity index (χ3n) is 3.92. The highest BCUT2D eigenvalue weighted by Gasteiger charge is 2.33. The second kappa shape index (κ2) is 8.37. The fourth-order valence-corrected chi connectivity index (χ4v) is 2.67. The van der Waals surface area contributed by atoms with Crippen LogP contribution in [-0.2, 0) is 4.74 Å². The molecule has 0 N–H and O–H groups in total. The zero-order chi connectivity index (χ0) is 13.3. The Bertz CT molecular complexity index is 329. The molecular weight excluding hydrogens is 232 g/mol. The van der Waals surface area contributed by atoms with Gasteiger partial charge in [-0.15, -0.1) is 0 Å². The lowest BCUT2D eigenvalue weighted by Crippen LogP contribution is -2.07. The van der Waals surface area contributed by atoms with Crippen LogP contribution >= 0.6 is 0 Å². The summed E-state index contributed by atoms with van der Waals surface area (Å²) in [5, 5.41) is 0. The van der Waals surface area contributed by atoms with E-state index in [0.717, 1.165) is 6.61 Å². The van der Waals surface area contributed by atoms with Crippen molar-refractivity contribution in [2.75, 3.05) is 6.61 Å². The minimum absolute atomic E-state index is 0.419. The fraction of sp³-hybridized carbons (Fsp3) is 0.611. The maximum Gasteiger partial charge on any atom is 0.0915 e. The lowest BCUT2D eigenvalue weighted by atomic mass is 9.90.